The van der Waals surface area contributed by atoms with Gasteiger partial charge in [0.15, 0.2) is 22.3 Å². The van der Waals surface area contributed by atoms with Crippen molar-refractivity contribution in [2.75, 3.05) is 12.8 Å². The molecule has 0 bridgehead atoms. The van der Waals surface area contributed by atoms with E-state index in [4.69, 9.17) is 5.73 Å². The maximum absolute atomic E-state index is 12.6. The summed E-state index contributed by atoms with van der Waals surface area (Å²) in [5, 5.41) is 16.8. The first kappa shape index (κ1) is 24.2. The van der Waals surface area contributed by atoms with Crippen LogP contribution in [0.3, 0.4) is 0 Å². The lowest BCUT2D eigenvalue weighted by Gasteiger charge is -2.49. The number of hydrogen-bond donors (Lipinski definition) is 3. The van der Waals surface area contributed by atoms with Gasteiger partial charge in [-0.1, -0.05) is 5.16 Å². The van der Waals surface area contributed by atoms with Crippen molar-refractivity contribution in [2.45, 2.75) is 30.4 Å². The highest BCUT2D eigenvalue weighted by atomic mass is 32.2. The molecule has 3 rings (SSSR count). The number of hydrogen-bond acceptors (Lipinski definition) is 11. The Morgan fingerprint density at radius 3 is 2.61 bits per heavy atom. The fraction of sp³-hybridized carbons (Fsp3) is 0.400. The molecule has 0 aliphatic carbocycles. The van der Waals surface area contributed by atoms with E-state index < -0.39 is 63.4 Å². The van der Waals surface area contributed by atoms with E-state index in [2.05, 4.69) is 24.5 Å². The maximum atomic E-state index is 12.6. The standard InChI is InChI=1S/C15H14F3N5O8S2/c1-30-22-8(5-4-32-14(19)20-5)11(24)21-9-6-2-3-7(31-33(28,29)15(16,17)18)10(13(26)27)23(6)12(9)25/h4,6,9H,2-3H2,1H3,(H2,19,20)(H,21,24)(H,26,27)/b22-8-/t6-,9+/m1/s1. The summed E-state index contributed by atoms with van der Waals surface area (Å²) in [6, 6.07) is -2.26. The highest BCUT2D eigenvalue weighted by Gasteiger charge is 2.56. The molecule has 0 aromatic carbocycles. The first-order valence-electron chi connectivity index (χ1n) is 8.72. The number of nitrogens with two attached hydrogens (primary N) is 1. The second-order valence-electron chi connectivity index (χ2n) is 6.52. The van der Waals surface area contributed by atoms with Crippen LogP contribution >= 0.6 is 11.3 Å². The topological polar surface area (TPSA) is 191 Å². The van der Waals surface area contributed by atoms with E-state index >= 15 is 0 Å². The third-order valence-electron chi connectivity index (χ3n) is 4.54. The monoisotopic (exact) mass is 513 g/mol. The van der Waals surface area contributed by atoms with E-state index in [0.717, 1.165) is 18.4 Å². The number of carbonyl (C=O) groups excluding carboxylic acids is 2. The number of nitrogens with one attached hydrogen (secondary N) is 1. The molecule has 0 radical (unpaired) electrons. The van der Waals surface area contributed by atoms with E-state index in [9.17, 15) is 41.1 Å². The summed E-state index contributed by atoms with van der Waals surface area (Å²) in [6.07, 6.45) is -0.754. The van der Waals surface area contributed by atoms with Gasteiger partial charge >= 0.3 is 21.6 Å². The molecule has 0 saturated carbocycles. The fourth-order valence-corrected chi connectivity index (χ4v) is 4.26. The molecule has 33 heavy (non-hydrogen) atoms. The molecular formula is C15H14F3N5O8S2. The number of carboxylic acid groups (broad SMARTS) is 1. The van der Waals surface area contributed by atoms with Crippen LogP contribution in [0.4, 0.5) is 18.3 Å². The number of carbonyl (C=O) groups is 3. The van der Waals surface area contributed by atoms with E-state index in [0.29, 0.717) is 4.90 Å². The normalized spacial score (nSPS) is 21.3. The quantitative estimate of drug-likeness (QED) is 0.144. The molecule has 2 aliphatic rings. The van der Waals surface area contributed by atoms with Crippen LogP contribution in [-0.4, -0.2) is 71.6 Å². The summed E-state index contributed by atoms with van der Waals surface area (Å²) in [4.78, 5) is 45.8. The van der Waals surface area contributed by atoms with E-state index in [1.54, 1.807) is 0 Å². The molecule has 4 N–H and O–H groups in total. The van der Waals surface area contributed by atoms with Gasteiger partial charge in [-0.2, -0.15) is 21.6 Å². The number of carboxylic acids is 1. The first-order chi connectivity index (χ1) is 15.3. The predicted molar refractivity (Wildman–Crippen MR) is 103 cm³/mol. The van der Waals surface area contributed by atoms with Crippen LogP contribution in [0.5, 0.6) is 0 Å². The van der Waals surface area contributed by atoms with Gasteiger partial charge in [0.1, 0.15) is 18.8 Å². The average Bonchev–Trinajstić information content (AvgIpc) is 3.14. The number of anilines is 1. The number of rotatable bonds is 7. The van der Waals surface area contributed by atoms with Crippen molar-refractivity contribution in [3.05, 3.63) is 22.5 Å². The second-order valence-corrected chi connectivity index (χ2v) is 8.95. The van der Waals surface area contributed by atoms with Gasteiger partial charge < -0.3 is 25.2 Å². The number of halogens is 3. The Morgan fingerprint density at radius 2 is 2.09 bits per heavy atom. The molecule has 13 nitrogen and oxygen atoms in total. The molecule has 1 aromatic rings. The van der Waals surface area contributed by atoms with Crippen molar-refractivity contribution in [3.63, 3.8) is 0 Å². The molecule has 2 aliphatic heterocycles. The highest BCUT2D eigenvalue weighted by molar-refractivity contribution is 7.87. The minimum atomic E-state index is -6.15. The van der Waals surface area contributed by atoms with Gasteiger partial charge in [-0.15, -0.1) is 11.3 Å². The fourth-order valence-electron chi connectivity index (χ4n) is 3.19. The van der Waals surface area contributed by atoms with Gasteiger partial charge in [0, 0.05) is 11.8 Å². The second kappa shape index (κ2) is 8.50. The summed E-state index contributed by atoms with van der Waals surface area (Å²) in [7, 11) is -5.00. The number of amides is 2. The lowest BCUT2D eigenvalue weighted by molar-refractivity contribution is -0.156. The Bertz CT molecular complexity index is 1180. The number of aromatic nitrogens is 1. The number of aliphatic carboxylic acids is 1. The third-order valence-corrected chi connectivity index (χ3v) is 6.20. The molecule has 0 spiro atoms. The van der Waals surface area contributed by atoms with Crippen molar-refractivity contribution in [3.8, 4) is 0 Å². The van der Waals surface area contributed by atoms with Gasteiger partial charge in [-0.25, -0.2) is 9.78 Å². The molecule has 1 fully saturated rings. The number of oxime groups is 1. The molecule has 180 valence electrons. The first-order valence-corrected chi connectivity index (χ1v) is 11.0. The largest absolute Gasteiger partial charge is 0.534 e. The Labute approximate surface area is 186 Å². The van der Waals surface area contributed by atoms with Gasteiger partial charge in [0.25, 0.3) is 11.8 Å². The predicted octanol–water partition coefficient (Wildman–Crippen LogP) is -0.272. The van der Waals surface area contributed by atoms with Crippen LogP contribution in [0.1, 0.15) is 18.5 Å². The number of nitrogens with zero attached hydrogens (tertiary/aromatic N) is 3. The third kappa shape index (κ3) is 4.42. The lowest BCUT2D eigenvalue weighted by atomic mass is 9.85. The Hall–Kier alpha value is -3.41. The van der Waals surface area contributed by atoms with Gasteiger partial charge in [-0.3, -0.25) is 14.5 Å². The number of thiazole rings is 1. The average molecular weight is 513 g/mol. The smallest absolute Gasteiger partial charge is 0.476 e. The van der Waals surface area contributed by atoms with Crippen molar-refractivity contribution in [1.29, 1.82) is 0 Å². The molecule has 1 aromatic heterocycles. The minimum absolute atomic E-state index is 0.0447. The Kier molecular flexibility index (Phi) is 6.25. The van der Waals surface area contributed by atoms with Gasteiger partial charge in [0.2, 0.25) is 0 Å². The van der Waals surface area contributed by atoms with Crippen molar-refractivity contribution >= 4 is 50.1 Å². The highest BCUT2D eigenvalue weighted by Crippen LogP contribution is 2.39. The SMILES string of the molecule is CO/N=C(\C(=O)N[C@@H]1C(=O)N2C(C(=O)O)=C(OS(=O)(=O)C(F)(F)F)CC[C@H]12)c1csc(N)n1. The van der Waals surface area contributed by atoms with Crippen molar-refractivity contribution < 1.29 is 50.1 Å². The zero-order chi connectivity index (χ0) is 24.7. The summed E-state index contributed by atoms with van der Waals surface area (Å²) in [5.41, 5.74) is -1.63. The lowest BCUT2D eigenvalue weighted by Crippen LogP contribution is -2.72. The molecule has 0 unspecified atom stereocenters. The van der Waals surface area contributed by atoms with Crippen LogP contribution < -0.4 is 11.1 Å². The van der Waals surface area contributed by atoms with Crippen molar-refractivity contribution in [2.24, 2.45) is 5.16 Å². The zero-order valence-corrected chi connectivity index (χ0v) is 18.0. The number of β-lactam (4-membered cyclic amide) rings is 1. The molecule has 18 heteroatoms. The maximum Gasteiger partial charge on any atom is 0.534 e. The van der Waals surface area contributed by atoms with Crippen LogP contribution in [0.2, 0.25) is 0 Å². The number of alkyl halides is 3. The molecular weight excluding hydrogens is 499 g/mol. The molecule has 2 atom stereocenters. The molecule has 2 amide bonds. The van der Waals surface area contributed by atoms with Crippen LogP contribution in [0.25, 0.3) is 0 Å². The number of nitrogen functional groups attached to an aromatic ring is 1. The Morgan fingerprint density at radius 1 is 1.42 bits per heavy atom. The molecule has 1 saturated heterocycles. The zero-order valence-electron chi connectivity index (χ0n) is 16.3. The summed E-state index contributed by atoms with van der Waals surface area (Å²) in [5.74, 6) is -4.85. The number of fused-ring (bicyclic) bond motifs is 1. The summed E-state index contributed by atoms with van der Waals surface area (Å²) in [6.45, 7) is 0. The number of allylic oxidation sites excluding steroid dienone is 1. The van der Waals surface area contributed by atoms with Gasteiger partial charge in [-0.05, 0) is 6.42 Å². The van der Waals surface area contributed by atoms with E-state index in [1.807, 2.05) is 0 Å². The molecule has 3 heterocycles. The van der Waals surface area contributed by atoms with Crippen LogP contribution in [0.15, 0.2) is 22.0 Å². The minimum Gasteiger partial charge on any atom is -0.476 e. The summed E-state index contributed by atoms with van der Waals surface area (Å²) >= 11 is 1.00. The van der Waals surface area contributed by atoms with Crippen LogP contribution in [-0.2, 0) is 33.5 Å². The van der Waals surface area contributed by atoms with E-state index in [-0.39, 0.29) is 23.0 Å². The van der Waals surface area contributed by atoms with Gasteiger partial charge in [0.05, 0.1) is 6.04 Å². The Balaban J connectivity index is 1.83. The van der Waals surface area contributed by atoms with Crippen LogP contribution in [0, 0.1) is 0 Å². The van der Waals surface area contributed by atoms with Crippen molar-refractivity contribution in [1.82, 2.24) is 15.2 Å². The summed E-state index contributed by atoms with van der Waals surface area (Å²) < 4.78 is 64.4. The van der Waals surface area contributed by atoms with E-state index in [1.165, 1.54) is 5.38 Å².